The van der Waals surface area contributed by atoms with Gasteiger partial charge in [-0.2, -0.15) is 0 Å². The number of carbonyl (C=O) groups excluding carboxylic acids is 1. The number of hydrogen-bond acceptors (Lipinski definition) is 1. The van der Waals surface area contributed by atoms with Crippen molar-refractivity contribution in [1.82, 2.24) is 5.32 Å². The van der Waals surface area contributed by atoms with Gasteiger partial charge in [0.15, 0.2) is 0 Å². The monoisotopic (exact) mass is 147 g/mol. The van der Waals surface area contributed by atoms with E-state index in [0.717, 1.165) is 0 Å². The van der Waals surface area contributed by atoms with E-state index in [1.165, 1.54) is 0 Å². The molecule has 4 heteroatoms. The van der Waals surface area contributed by atoms with E-state index in [-0.39, 0.29) is 5.91 Å². The second kappa shape index (κ2) is 5.16. The van der Waals surface area contributed by atoms with Crippen LogP contribution in [0.1, 0.15) is 0 Å². The van der Waals surface area contributed by atoms with Crippen LogP contribution in [-0.2, 0) is 4.79 Å². The van der Waals surface area contributed by atoms with Gasteiger partial charge in [0.2, 0.25) is 0 Å². The van der Waals surface area contributed by atoms with Gasteiger partial charge in [-0.25, -0.2) is 0 Å². The Kier molecular flexibility index (Phi) is 5.91. The van der Waals surface area contributed by atoms with E-state index in [0.29, 0.717) is 2.52 Å². The van der Waals surface area contributed by atoms with E-state index in [4.69, 9.17) is 6.39 Å². The molecule has 0 heterocycles. The first-order valence-corrected chi connectivity index (χ1v) is 6.68. The molecular weight excluding hydrogens is 142 g/mol. The SMILES string of the molecule is CNC(=O)[CH2][Ca][Cl]. The summed E-state index contributed by atoms with van der Waals surface area (Å²) in [5.41, 5.74) is 0. The van der Waals surface area contributed by atoms with Gasteiger partial charge < -0.3 is 0 Å². The molecule has 0 unspecified atom stereocenters. The Hall–Kier alpha value is 1.02. The fourth-order valence-corrected chi connectivity index (χ4v) is 1.58. The molecule has 0 spiro atoms. The first kappa shape index (κ1) is 8.02. The van der Waals surface area contributed by atoms with Crippen LogP contribution in [0.3, 0.4) is 0 Å². The van der Waals surface area contributed by atoms with Crippen LogP contribution >= 0.6 is 6.39 Å². The number of amides is 1. The fraction of sp³-hybridized carbons (Fsp3) is 0.667. The van der Waals surface area contributed by atoms with Crippen molar-refractivity contribution in [3.05, 3.63) is 0 Å². The quantitative estimate of drug-likeness (QED) is 0.548. The van der Waals surface area contributed by atoms with Crippen molar-refractivity contribution in [3.63, 3.8) is 0 Å². The third-order valence-electron chi connectivity index (χ3n) is 0.600. The van der Waals surface area contributed by atoms with E-state index in [1.807, 2.05) is 0 Å². The third-order valence-corrected chi connectivity index (χ3v) is 2.38. The minimum absolute atomic E-state index is 0.0787. The van der Waals surface area contributed by atoms with Gasteiger partial charge in [0, 0.05) is 0 Å². The van der Waals surface area contributed by atoms with Crippen LogP contribution in [0.15, 0.2) is 0 Å². The summed E-state index contributed by atoms with van der Waals surface area (Å²) in [5, 5.41) is 2.49. The van der Waals surface area contributed by atoms with Crippen LogP contribution in [0.4, 0.5) is 0 Å². The van der Waals surface area contributed by atoms with Gasteiger partial charge in [0.05, 0.1) is 0 Å². The number of carbonyl (C=O) groups is 1. The topological polar surface area (TPSA) is 29.1 Å². The van der Waals surface area contributed by atoms with Crippen molar-refractivity contribution in [1.29, 1.82) is 0 Å². The van der Waals surface area contributed by atoms with Crippen molar-refractivity contribution in [2.75, 3.05) is 7.05 Å². The van der Waals surface area contributed by atoms with Crippen LogP contribution < -0.4 is 5.32 Å². The van der Waals surface area contributed by atoms with Crippen LogP contribution in [0, 0.1) is 0 Å². The van der Waals surface area contributed by atoms with Crippen molar-refractivity contribution < 1.29 is 4.79 Å². The van der Waals surface area contributed by atoms with Gasteiger partial charge in [-0.15, -0.1) is 0 Å². The molecule has 0 radical (unpaired) electrons. The molecule has 0 saturated carbocycles. The summed E-state index contributed by atoms with van der Waals surface area (Å²) in [4.78, 5) is 10.3. The molecule has 1 amide bonds. The molecule has 0 atom stereocenters. The molecule has 38 valence electrons. The zero-order valence-corrected chi connectivity index (χ0v) is 7.16. The normalized spacial score (nSPS) is 7.14. The predicted octanol–water partition coefficient (Wildman–Crippen LogP) is 0.00870. The Balaban J connectivity index is 3.00. The summed E-state index contributed by atoms with van der Waals surface area (Å²) in [6, 6.07) is 0. The number of hydrogen-bond donors (Lipinski definition) is 1. The average Bonchev–Trinajstić information content (AvgIpc) is 1.68. The summed E-state index contributed by atoms with van der Waals surface area (Å²) in [7, 11) is 1.62. The molecule has 1 N–H and O–H groups in total. The molecule has 0 aromatic heterocycles. The van der Waals surface area contributed by atoms with E-state index in [2.05, 4.69) is 5.32 Å². The predicted molar refractivity (Wildman–Crippen MR) is 30.5 cm³/mol. The Morgan fingerprint density at radius 3 is 2.71 bits per heavy atom. The Labute approximate surface area is 63.6 Å². The molecule has 0 aliphatic rings. The maximum absolute atomic E-state index is 10.3. The first-order chi connectivity index (χ1) is 3.31. The first-order valence-electron chi connectivity index (χ1n) is 2.07. The van der Waals surface area contributed by atoms with Crippen LogP contribution in [0.5, 0.6) is 0 Å². The minimum atomic E-state index is -0.930. The molecule has 0 aromatic carbocycles. The standard InChI is InChI=1S/C3H6NO.Ca.ClH/c1-3(5)4-2;;/h1H2,2H3,(H,4,5);;1H/q;+1;/p-1. The maximum atomic E-state index is 10.3. The Bertz CT molecular complexity index is 68.0. The average molecular weight is 148 g/mol. The van der Waals surface area contributed by atoms with E-state index >= 15 is 0 Å². The number of halogens is 1. The molecule has 2 nitrogen and oxygen atoms in total. The molecule has 0 fully saturated rings. The van der Waals surface area contributed by atoms with Crippen LogP contribution in [-0.4, -0.2) is 45.3 Å². The second-order valence-electron chi connectivity index (χ2n) is 1.11. The summed E-state index contributed by atoms with van der Waals surface area (Å²) < 4.78 is 0.602. The van der Waals surface area contributed by atoms with Gasteiger partial charge in [-0.1, -0.05) is 0 Å². The number of rotatable bonds is 2. The summed E-state index contributed by atoms with van der Waals surface area (Å²) in [6.45, 7) is 0. The van der Waals surface area contributed by atoms with Gasteiger partial charge >= 0.3 is 64.3 Å². The Morgan fingerprint density at radius 2 is 2.57 bits per heavy atom. The summed E-state index contributed by atoms with van der Waals surface area (Å²) in [6.07, 6.45) is 5.40. The van der Waals surface area contributed by atoms with Crippen molar-refractivity contribution in [2.24, 2.45) is 0 Å². The third kappa shape index (κ3) is 4.88. The summed E-state index contributed by atoms with van der Waals surface area (Å²) >= 11 is -0.930. The fourth-order valence-electron chi connectivity index (χ4n) is 0.211. The molecule has 0 bridgehead atoms. The van der Waals surface area contributed by atoms with Gasteiger partial charge in [0.1, 0.15) is 0 Å². The van der Waals surface area contributed by atoms with E-state index in [1.54, 1.807) is 7.05 Å². The zero-order chi connectivity index (χ0) is 5.70. The number of nitrogens with one attached hydrogen (secondary N) is 1. The van der Waals surface area contributed by atoms with Gasteiger partial charge in [0.25, 0.3) is 0 Å². The molecule has 0 saturated heterocycles. The van der Waals surface area contributed by atoms with Gasteiger partial charge in [-0.3, -0.25) is 0 Å². The molecule has 0 aromatic rings. The Morgan fingerprint density at radius 1 is 2.00 bits per heavy atom. The van der Waals surface area contributed by atoms with E-state index in [9.17, 15) is 4.79 Å². The molecular formula is C3H6CaClNO. The zero-order valence-electron chi connectivity index (χ0n) is 4.20. The van der Waals surface area contributed by atoms with E-state index < -0.39 is 32.3 Å². The van der Waals surface area contributed by atoms with Crippen LogP contribution in [0.25, 0.3) is 0 Å². The molecule has 0 aliphatic heterocycles. The van der Waals surface area contributed by atoms with Crippen LogP contribution in [0.2, 0.25) is 2.52 Å². The molecule has 7 heavy (non-hydrogen) atoms. The molecule has 0 aliphatic carbocycles. The van der Waals surface area contributed by atoms with Crippen molar-refractivity contribution >= 4 is 44.6 Å². The second-order valence-corrected chi connectivity index (χ2v) is 4.04. The summed E-state index contributed by atoms with van der Waals surface area (Å²) in [5.74, 6) is 0.0787. The van der Waals surface area contributed by atoms with Gasteiger partial charge in [-0.05, 0) is 0 Å². The molecule has 0 rings (SSSR count). The van der Waals surface area contributed by atoms with Crippen molar-refractivity contribution in [2.45, 2.75) is 2.52 Å². The van der Waals surface area contributed by atoms with Crippen molar-refractivity contribution in [3.8, 4) is 0 Å².